The van der Waals surface area contributed by atoms with Crippen LogP contribution in [0.2, 0.25) is 0 Å². The first-order chi connectivity index (χ1) is 6.40. The Bertz CT molecular complexity index is 205. The summed E-state index contributed by atoms with van der Waals surface area (Å²) < 4.78 is 5.21. The fraction of sp³-hybridized carbons (Fsp3) is 0.900. The van der Waals surface area contributed by atoms with E-state index in [-0.39, 0.29) is 11.9 Å². The van der Waals surface area contributed by atoms with Crippen molar-refractivity contribution in [3.8, 4) is 0 Å². The van der Waals surface area contributed by atoms with Crippen LogP contribution in [0.1, 0.15) is 27.2 Å². The third kappa shape index (κ3) is 3.27. The van der Waals surface area contributed by atoms with E-state index in [1.54, 1.807) is 0 Å². The summed E-state index contributed by atoms with van der Waals surface area (Å²) in [5, 5.41) is 4.18. The van der Waals surface area contributed by atoms with Crippen LogP contribution in [0.15, 0.2) is 0 Å². The Labute approximate surface area is 85.2 Å². The summed E-state index contributed by atoms with van der Waals surface area (Å²) in [5.41, 5.74) is 5.34. The summed E-state index contributed by atoms with van der Waals surface area (Å²) in [6, 6.07) is -0.513. The first kappa shape index (κ1) is 11.5. The Morgan fingerprint density at radius 3 is 2.64 bits per heavy atom. The smallest absolute Gasteiger partial charge is 0.323 e. The van der Waals surface area contributed by atoms with Gasteiger partial charge in [-0.05, 0) is 27.2 Å². The molecule has 0 saturated carbocycles. The van der Waals surface area contributed by atoms with Gasteiger partial charge in [-0.2, -0.15) is 0 Å². The van der Waals surface area contributed by atoms with Crippen molar-refractivity contribution in [1.29, 1.82) is 0 Å². The molecule has 14 heavy (non-hydrogen) atoms. The molecule has 1 saturated heterocycles. The normalized spacial score (nSPS) is 24.7. The second-order valence-corrected chi connectivity index (χ2v) is 4.74. The number of hydrogen-bond acceptors (Lipinski definition) is 3. The largest absolute Gasteiger partial charge is 0.459 e. The summed E-state index contributed by atoms with van der Waals surface area (Å²) in [7, 11) is 0. The van der Waals surface area contributed by atoms with Crippen molar-refractivity contribution in [3.63, 3.8) is 0 Å². The van der Waals surface area contributed by atoms with Crippen LogP contribution < -0.4 is 11.1 Å². The molecule has 1 rings (SSSR count). The molecule has 1 fully saturated rings. The van der Waals surface area contributed by atoms with Crippen LogP contribution in [0.3, 0.4) is 0 Å². The third-order valence-electron chi connectivity index (χ3n) is 2.21. The average Bonchev–Trinajstić information content (AvgIpc) is 2.51. The standard InChI is InChI=1S/C10H19N2O2/c1-10(2,3)14-9(13)8(11)7-4-5-12-6-7/h7-8H,4-6,11H2,1-3H3. The Morgan fingerprint density at radius 2 is 2.21 bits per heavy atom. The van der Waals surface area contributed by atoms with Gasteiger partial charge in [0.2, 0.25) is 0 Å². The average molecular weight is 199 g/mol. The van der Waals surface area contributed by atoms with Crippen molar-refractivity contribution in [2.45, 2.75) is 38.8 Å². The molecule has 2 unspecified atom stereocenters. The second-order valence-electron chi connectivity index (χ2n) is 4.74. The minimum atomic E-state index is -0.513. The lowest BCUT2D eigenvalue weighted by molar-refractivity contribution is -0.157. The van der Waals surface area contributed by atoms with Crippen molar-refractivity contribution >= 4 is 5.97 Å². The van der Waals surface area contributed by atoms with Crippen LogP contribution in [0.5, 0.6) is 0 Å². The maximum absolute atomic E-state index is 11.6. The second kappa shape index (κ2) is 4.28. The maximum atomic E-state index is 11.6. The van der Waals surface area contributed by atoms with E-state index in [2.05, 4.69) is 5.32 Å². The Kier molecular flexibility index (Phi) is 3.50. The van der Waals surface area contributed by atoms with Crippen molar-refractivity contribution in [1.82, 2.24) is 5.32 Å². The lowest BCUT2D eigenvalue weighted by Crippen LogP contribution is -2.43. The molecule has 1 aliphatic rings. The molecule has 0 aromatic heterocycles. The van der Waals surface area contributed by atoms with E-state index in [1.807, 2.05) is 20.8 Å². The predicted octanol–water partition coefficient (Wildman–Crippen LogP) is 0.280. The molecule has 0 spiro atoms. The Balaban J connectivity index is 2.43. The molecule has 4 heteroatoms. The molecule has 0 aromatic rings. The van der Waals surface area contributed by atoms with E-state index in [9.17, 15) is 4.79 Å². The Hall–Kier alpha value is -0.610. The fourth-order valence-corrected chi connectivity index (χ4v) is 1.46. The van der Waals surface area contributed by atoms with Crippen molar-refractivity contribution in [3.05, 3.63) is 0 Å². The van der Waals surface area contributed by atoms with Gasteiger partial charge in [0.15, 0.2) is 0 Å². The topological polar surface area (TPSA) is 66.4 Å². The van der Waals surface area contributed by atoms with Gasteiger partial charge < -0.3 is 10.5 Å². The molecule has 0 bridgehead atoms. The summed E-state index contributed by atoms with van der Waals surface area (Å²) in [4.78, 5) is 11.6. The van der Waals surface area contributed by atoms with Gasteiger partial charge in [-0.15, -0.1) is 0 Å². The zero-order valence-electron chi connectivity index (χ0n) is 9.12. The highest BCUT2D eigenvalue weighted by atomic mass is 16.6. The molecule has 0 aromatic carbocycles. The molecule has 2 atom stereocenters. The molecular weight excluding hydrogens is 180 g/mol. The van der Waals surface area contributed by atoms with Crippen LogP contribution in [-0.4, -0.2) is 30.7 Å². The number of carbonyl (C=O) groups excluding carboxylic acids is 1. The van der Waals surface area contributed by atoms with E-state index >= 15 is 0 Å². The van der Waals surface area contributed by atoms with Crippen LogP contribution in [0.25, 0.3) is 0 Å². The summed E-state index contributed by atoms with van der Waals surface area (Å²) in [6.07, 6.45) is 0.903. The van der Waals surface area contributed by atoms with Gasteiger partial charge in [0, 0.05) is 19.0 Å². The number of ether oxygens (including phenoxy) is 1. The van der Waals surface area contributed by atoms with Crippen molar-refractivity contribution in [2.24, 2.45) is 11.7 Å². The highest BCUT2D eigenvalue weighted by Gasteiger charge is 2.31. The molecule has 1 aliphatic heterocycles. The zero-order chi connectivity index (χ0) is 10.8. The predicted molar refractivity (Wildman–Crippen MR) is 53.8 cm³/mol. The van der Waals surface area contributed by atoms with E-state index in [0.29, 0.717) is 6.54 Å². The van der Waals surface area contributed by atoms with Gasteiger partial charge in [-0.25, -0.2) is 5.32 Å². The van der Waals surface area contributed by atoms with Gasteiger partial charge in [0.25, 0.3) is 0 Å². The van der Waals surface area contributed by atoms with Crippen LogP contribution in [0.4, 0.5) is 0 Å². The van der Waals surface area contributed by atoms with Crippen molar-refractivity contribution in [2.75, 3.05) is 13.1 Å². The molecule has 0 amide bonds. The zero-order valence-corrected chi connectivity index (χ0v) is 9.12. The summed E-state index contributed by atoms with van der Waals surface area (Å²) >= 11 is 0. The lowest BCUT2D eigenvalue weighted by Gasteiger charge is -2.24. The van der Waals surface area contributed by atoms with Crippen LogP contribution >= 0.6 is 0 Å². The van der Waals surface area contributed by atoms with Gasteiger partial charge in [0.05, 0.1) is 0 Å². The van der Waals surface area contributed by atoms with Gasteiger partial charge in [-0.1, -0.05) is 0 Å². The fourth-order valence-electron chi connectivity index (χ4n) is 1.46. The van der Waals surface area contributed by atoms with E-state index in [1.165, 1.54) is 0 Å². The maximum Gasteiger partial charge on any atom is 0.323 e. The molecule has 2 N–H and O–H groups in total. The number of esters is 1. The third-order valence-corrected chi connectivity index (χ3v) is 2.21. The monoisotopic (exact) mass is 199 g/mol. The quantitative estimate of drug-likeness (QED) is 0.649. The number of rotatable bonds is 2. The molecule has 0 aliphatic carbocycles. The highest BCUT2D eigenvalue weighted by molar-refractivity contribution is 5.76. The molecular formula is C10H19N2O2. The van der Waals surface area contributed by atoms with Crippen LogP contribution in [0, 0.1) is 5.92 Å². The number of hydrogen-bond donors (Lipinski definition) is 1. The first-order valence-corrected chi connectivity index (χ1v) is 5.02. The first-order valence-electron chi connectivity index (χ1n) is 5.02. The highest BCUT2D eigenvalue weighted by Crippen LogP contribution is 2.16. The molecule has 1 radical (unpaired) electrons. The van der Waals surface area contributed by atoms with E-state index < -0.39 is 11.6 Å². The number of nitrogens with two attached hydrogens (primary N) is 1. The van der Waals surface area contributed by atoms with E-state index in [0.717, 1.165) is 13.0 Å². The van der Waals surface area contributed by atoms with Gasteiger partial charge in [-0.3, -0.25) is 4.79 Å². The van der Waals surface area contributed by atoms with Gasteiger partial charge in [0.1, 0.15) is 11.6 Å². The number of nitrogens with zero attached hydrogens (tertiary/aromatic N) is 1. The van der Waals surface area contributed by atoms with Gasteiger partial charge >= 0.3 is 5.97 Å². The minimum Gasteiger partial charge on any atom is -0.459 e. The lowest BCUT2D eigenvalue weighted by atomic mass is 10.00. The Morgan fingerprint density at radius 1 is 1.57 bits per heavy atom. The SMILES string of the molecule is CC(C)(C)OC(=O)C(N)C1CC[N]C1. The summed E-state index contributed by atoms with van der Waals surface area (Å²) in [5.74, 6) is -0.135. The van der Waals surface area contributed by atoms with Crippen LogP contribution in [-0.2, 0) is 9.53 Å². The molecule has 4 nitrogen and oxygen atoms in total. The van der Waals surface area contributed by atoms with E-state index in [4.69, 9.17) is 10.5 Å². The molecule has 1 heterocycles. The number of carbonyl (C=O) groups is 1. The van der Waals surface area contributed by atoms with Crippen molar-refractivity contribution < 1.29 is 9.53 Å². The summed E-state index contributed by atoms with van der Waals surface area (Å²) in [6.45, 7) is 7.05. The molecule has 81 valence electrons. The minimum absolute atomic E-state index is 0.171.